The number of rotatable bonds is 7. The largest absolute Gasteiger partial charge is 0.465 e. The smallest absolute Gasteiger partial charge is 0.337 e. The number of aromatic amines is 1. The van der Waals surface area contributed by atoms with Crippen molar-refractivity contribution in [1.29, 1.82) is 0 Å². The molecule has 0 saturated heterocycles. The van der Waals surface area contributed by atoms with E-state index in [0.717, 1.165) is 29.7 Å². The number of carbonyl (C=O) groups is 2. The number of pyridine rings is 1. The number of carbonyl (C=O) groups excluding carboxylic acids is 2. The molecule has 0 fully saturated rings. The van der Waals surface area contributed by atoms with Crippen molar-refractivity contribution in [3.05, 3.63) is 71.3 Å². The van der Waals surface area contributed by atoms with E-state index in [2.05, 4.69) is 42.1 Å². The summed E-state index contributed by atoms with van der Waals surface area (Å²) in [7, 11) is 1.38. The summed E-state index contributed by atoms with van der Waals surface area (Å²) in [5.74, 6) is 2.12. The number of esters is 1. The van der Waals surface area contributed by atoms with Crippen LogP contribution >= 0.6 is 0 Å². The molecule has 1 amide bonds. The number of H-pyrrole nitrogens is 1. The Morgan fingerprint density at radius 2 is 1.94 bits per heavy atom. The van der Waals surface area contributed by atoms with Crippen molar-refractivity contribution in [1.82, 2.24) is 20.3 Å². The highest BCUT2D eigenvalue weighted by Crippen LogP contribution is 2.38. The molecular formula is C27H32N4O3. The Morgan fingerprint density at radius 3 is 2.65 bits per heavy atom. The van der Waals surface area contributed by atoms with Gasteiger partial charge in [-0.1, -0.05) is 25.5 Å². The Balaban J connectivity index is 1.47. The predicted molar refractivity (Wildman–Crippen MR) is 131 cm³/mol. The van der Waals surface area contributed by atoms with Crippen LogP contribution in [0, 0.1) is 23.7 Å². The first-order valence-electron chi connectivity index (χ1n) is 11.8. The average molecular weight is 461 g/mol. The van der Waals surface area contributed by atoms with Crippen LogP contribution in [0.1, 0.15) is 53.7 Å². The van der Waals surface area contributed by atoms with E-state index >= 15 is 0 Å². The Bertz CT molecular complexity index is 1200. The number of benzene rings is 1. The molecule has 0 radical (unpaired) electrons. The van der Waals surface area contributed by atoms with E-state index in [9.17, 15) is 9.59 Å². The topological polar surface area (TPSA) is 97.0 Å². The lowest BCUT2D eigenvalue weighted by atomic mass is 9.69. The number of nitrogens with zero attached hydrogens (tertiary/aromatic N) is 2. The Hall–Kier alpha value is -3.48. The van der Waals surface area contributed by atoms with Gasteiger partial charge in [0.15, 0.2) is 0 Å². The first kappa shape index (κ1) is 23.7. The molecule has 1 aliphatic rings. The molecule has 0 aliphatic heterocycles. The van der Waals surface area contributed by atoms with Gasteiger partial charge in [-0.2, -0.15) is 0 Å². The van der Waals surface area contributed by atoms with Crippen molar-refractivity contribution in [2.75, 3.05) is 13.7 Å². The first-order valence-corrected chi connectivity index (χ1v) is 11.8. The molecule has 2 heterocycles. The van der Waals surface area contributed by atoms with E-state index in [4.69, 9.17) is 9.72 Å². The number of imidazole rings is 1. The zero-order valence-corrected chi connectivity index (χ0v) is 20.2. The van der Waals surface area contributed by atoms with Gasteiger partial charge in [-0.05, 0) is 67.3 Å². The fourth-order valence-corrected chi connectivity index (χ4v) is 4.96. The van der Waals surface area contributed by atoms with E-state index < -0.39 is 0 Å². The second kappa shape index (κ2) is 10.2. The van der Waals surface area contributed by atoms with Crippen LogP contribution in [0.4, 0.5) is 0 Å². The van der Waals surface area contributed by atoms with Crippen LogP contribution in [0.5, 0.6) is 0 Å². The number of aromatic nitrogens is 3. The fourth-order valence-electron chi connectivity index (χ4n) is 4.96. The van der Waals surface area contributed by atoms with Gasteiger partial charge in [0.05, 0.1) is 23.7 Å². The van der Waals surface area contributed by atoms with Crippen LogP contribution in [-0.2, 0) is 11.2 Å². The molecule has 34 heavy (non-hydrogen) atoms. The molecule has 178 valence electrons. The molecule has 1 aliphatic carbocycles. The number of allylic oxidation sites excluding steroid dienone is 1. The van der Waals surface area contributed by atoms with E-state index in [-0.39, 0.29) is 11.9 Å². The number of ether oxygens (including phenoxy) is 1. The van der Waals surface area contributed by atoms with Gasteiger partial charge < -0.3 is 15.0 Å². The summed E-state index contributed by atoms with van der Waals surface area (Å²) in [6.45, 7) is 7.30. The van der Waals surface area contributed by atoms with Crippen molar-refractivity contribution in [2.45, 2.75) is 33.6 Å². The second-order valence-electron chi connectivity index (χ2n) is 9.47. The Kier molecular flexibility index (Phi) is 7.10. The third-order valence-corrected chi connectivity index (χ3v) is 6.92. The van der Waals surface area contributed by atoms with Gasteiger partial charge in [0.25, 0.3) is 5.91 Å². The molecule has 0 bridgehead atoms. The van der Waals surface area contributed by atoms with Gasteiger partial charge in [-0.15, -0.1) is 0 Å². The molecule has 2 N–H and O–H groups in total. The number of nitrogens with one attached hydrogen (secondary N) is 2. The van der Waals surface area contributed by atoms with Gasteiger partial charge in [0.1, 0.15) is 5.82 Å². The molecule has 7 nitrogen and oxygen atoms in total. The fraction of sp³-hybridized carbons (Fsp3) is 0.407. The third-order valence-electron chi connectivity index (χ3n) is 6.92. The maximum absolute atomic E-state index is 12.5. The minimum atomic E-state index is -0.356. The molecule has 7 heteroatoms. The highest BCUT2D eigenvalue weighted by atomic mass is 16.5. The summed E-state index contributed by atoms with van der Waals surface area (Å²) in [6.07, 6.45) is 7.46. The third kappa shape index (κ3) is 5.19. The predicted octanol–water partition coefficient (Wildman–Crippen LogP) is 4.57. The molecule has 1 aromatic carbocycles. The van der Waals surface area contributed by atoms with Crippen LogP contribution in [0.3, 0.4) is 0 Å². The van der Waals surface area contributed by atoms with Crippen molar-refractivity contribution in [2.24, 2.45) is 23.7 Å². The number of hydrogen-bond donors (Lipinski definition) is 2. The SMILES string of the molecule is COC(=O)c1ccc2nc(C[C@@H]3C[C@@H](C(C)C)[C@H](CNC(=O)c4ccncc4)C=C3C)[nH]c2c1. The van der Waals surface area contributed by atoms with E-state index in [0.29, 0.717) is 41.3 Å². The van der Waals surface area contributed by atoms with E-state index in [1.807, 2.05) is 6.07 Å². The van der Waals surface area contributed by atoms with Crippen LogP contribution in [-0.4, -0.2) is 40.5 Å². The van der Waals surface area contributed by atoms with Crippen LogP contribution in [0.15, 0.2) is 54.4 Å². The maximum atomic E-state index is 12.5. The molecular weight excluding hydrogens is 428 g/mol. The van der Waals surface area contributed by atoms with Crippen LogP contribution in [0.2, 0.25) is 0 Å². The number of methoxy groups -OCH3 is 1. The second-order valence-corrected chi connectivity index (χ2v) is 9.47. The van der Waals surface area contributed by atoms with Gasteiger partial charge in [0.2, 0.25) is 0 Å². The molecule has 0 unspecified atom stereocenters. The summed E-state index contributed by atoms with van der Waals surface area (Å²) in [6, 6.07) is 8.84. The lowest BCUT2D eigenvalue weighted by Crippen LogP contribution is -2.37. The summed E-state index contributed by atoms with van der Waals surface area (Å²) in [5, 5.41) is 3.11. The highest BCUT2D eigenvalue weighted by molar-refractivity contribution is 5.94. The first-order chi connectivity index (χ1) is 16.4. The molecule has 3 aromatic rings. The van der Waals surface area contributed by atoms with E-state index in [1.54, 1.807) is 36.7 Å². The standard InChI is InChI=1S/C27H32N4O3/c1-16(2)22-12-20(14-25-30-23-6-5-19(27(33)34-4)13-24(23)31-25)17(3)11-21(22)15-29-26(32)18-7-9-28-10-8-18/h5-11,13,16,20-22H,12,14-15H2,1-4H3,(H,29,32)(H,30,31)/t20-,21-,22-/m0/s1. The Morgan fingerprint density at radius 1 is 1.18 bits per heavy atom. The molecule has 4 rings (SSSR count). The minimum absolute atomic E-state index is 0.0633. The van der Waals surface area contributed by atoms with E-state index in [1.165, 1.54) is 12.7 Å². The van der Waals surface area contributed by atoms with Gasteiger partial charge >= 0.3 is 5.97 Å². The minimum Gasteiger partial charge on any atom is -0.465 e. The van der Waals surface area contributed by atoms with Crippen LogP contribution < -0.4 is 5.32 Å². The zero-order chi connectivity index (χ0) is 24.2. The molecule has 2 aromatic heterocycles. The summed E-state index contributed by atoms with van der Waals surface area (Å²) >= 11 is 0. The maximum Gasteiger partial charge on any atom is 0.337 e. The molecule has 0 spiro atoms. The lowest BCUT2D eigenvalue weighted by molar-refractivity contribution is 0.0600. The summed E-state index contributed by atoms with van der Waals surface area (Å²) < 4.78 is 4.82. The van der Waals surface area contributed by atoms with Crippen molar-refractivity contribution in [3.63, 3.8) is 0 Å². The number of amides is 1. The van der Waals surface area contributed by atoms with Crippen molar-refractivity contribution >= 4 is 22.9 Å². The molecule has 3 atom stereocenters. The number of hydrogen-bond acceptors (Lipinski definition) is 5. The van der Waals surface area contributed by atoms with Crippen molar-refractivity contribution in [3.8, 4) is 0 Å². The van der Waals surface area contributed by atoms with Crippen molar-refractivity contribution < 1.29 is 14.3 Å². The molecule has 0 saturated carbocycles. The summed E-state index contributed by atoms with van der Waals surface area (Å²) in [5.41, 5.74) is 4.15. The number of fused-ring (bicyclic) bond motifs is 1. The van der Waals surface area contributed by atoms with Gasteiger partial charge in [0, 0.05) is 30.9 Å². The normalized spacial score (nSPS) is 20.3. The summed E-state index contributed by atoms with van der Waals surface area (Å²) in [4.78, 5) is 36.5. The Labute approximate surface area is 200 Å². The average Bonchev–Trinajstić information content (AvgIpc) is 3.25. The van der Waals surface area contributed by atoms with Gasteiger partial charge in [-0.25, -0.2) is 9.78 Å². The monoisotopic (exact) mass is 460 g/mol. The van der Waals surface area contributed by atoms with Crippen LogP contribution in [0.25, 0.3) is 11.0 Å². The quantitative estimate of drug-likeness (QED) is 0.398. The zero-order valence-electron chi connectivity index (χ0n) is 20.2. The highest BCUT2D eigenvalue weighted by Gasteiger charge is 2.32. The van der Waals surface area contributed by atoms with Gasteiger partial charge in [-0.3, -0.25) is 9.78 Å². The lowest BCUT2D eigenvalue weighted by Gasteiger charge is -2.37.